The molecule has 0 saturated carbocycles. The fraction of sp³-hybridized carbons (Fsp3) is 0. The van der Waals surface area contributed by atoms with Gasteiger partial charge in [-0.3, -0.25) is 0 Å². The molecule has 0 aliphatic heterocycles. The number of rotatable bonds is 8. The summed E-state index contributed by atoms with van der Waals surface area (Å²) in [7, 11) is 0. The second-order valence-electron chi connectivity index (χ2n) is 23.3. The number of nitrogens with zero attached hydrogens (tertiary/aromatic N) is 5. The van der Waals surface area contributed by atoms with Crippen molar-refractivity contribution in [3.63, 3.8) is 0 Å². The Morgan fingerprint density at radius 2 is 0.800 bits per heavy atom. The highest BCUT2D eigenvalue weighted by atomic mass is 32.1. The summed E-state index contributed by atoms with van der Waals surface area (Å²) in [6.07, 6.45) is 0. The third-order valence-corrected chi connectivity index (χ3v) is 19.5. The van der Waals surface area contributed by atoms with Gasteiger partial charge in [-0.2, -0.15) is 0 Å². The maximum atomic E-state index is 7.38. The minimum atomic E-state index is 0.586. The second-order valence-corrected chi connectivity index (χ2v) is 24.4. The molecule has 15 aromatic carbocycles. The molecule has 19 rings (SSSR count). The Labute approximate surface area is 520 Å². The van der Waals surface area contributed by atoms with Crippen molar-refractivity contribution in [1.29, 1.82) is 0 Å². The SMILES string of the molecule is c1ccc(-c2nc(-c3ccccc3)nc(-c3cccc(-n4c5c(ccc6c7cc(-c8c9ccccc9c(N(c9ccccc9)c9ccc%10sc%11ccccc%11c%10c9)c9ccccc89)ccc7oc65)c5ccc6c7ccccc7c7ccccc7c6c54)c3)n2)cc1. The first-order valence-corrected chi connectivity index (χ1v) is 31.3. The normalized spacial score (nSPS) is 12.0. The number of furan rings is 1. The van der Waals surface area contributed by atoms with Gasteiger partial charge in [0.05, 0.1) is 16.7 Å². The van der Waals surface area contributed by atoms with E-state index in [-0.39, 0.29) is 0 Å². The molecular weight excluding hydrogens is 1120 g/mol. The van der Waals surface area contributed by atoms with Gasteiger partial charge in [-0.05, 0) is 116 Å². The Kier molecular flexibility index (Phi) is 11.1. The van der Waals surface area contributed by atoms with E-state index in [1.807, 2.05) is 47.7 Å². The third-order valence-electron chi connectivity index (χ3n) is 18.3. The minimum Gasteiger partial charge on any atom is -0.454 e. The predicted molar refractivity (Wildman–Crippen MR) is 378 cm³/mol. The summed E-state index contributed by atoms with van der Waals surface area (Å²) in [6.45, 7) is 0. The largest absolute Gasteiger partial charge is 0.454 e. The molecule has 0 radical (unpaired) electrons. The van der Waals surface area contributed by atoms with Crippen molar-refractivity contribution >= 4 is 146 Å². The van der Waals surface area contributed by atoms with Crippen molar-refractivity contribution in [2.45, 2.75) is 0 Å². The van der Waals surface area contributed by atoms with Crippen molar-refractivity contribution < 1.29 is 4.42 Å². The zero-order chi connectivity index (χ0) is 59.0. The quantitative estimate of drug-likeness (QED) is 0.112. The summed E-state index contributed by atoms with van der Waals surface area (Å²) in [5.41, 5.74) is 13.0. The van der Waals surface area contributed by atoms with Crippen LogP contribution in [0.3, 0.4) is 0 Å². The van der Waals surface area contributed by atoms with Gasteiger partial charge in [0.1, 0.15) is 5.58 Å². The van der Waals surface area contributed by atoms with Crippen LogP contribution in [0.2, 0.25) is 0 Å². The molecule has 0 N–H and O–H groups in total. The van der Waals surface area contributed by atoms with Crippen molar-refractivity contribution in [2.24, 2.45) is 0 Å². The number of aromatic nitrogens is 4. The highest BCUT2D eigenvalue weighted by Gasteiger charge is 2.27. The van der Waals surface area contributed by atoms with Crippen LogP contribution in [0.25, 0.3) is 169 Å². The van der Waals surface area contributed by atoms with Crippen LogP contribution < -0.4 is 4.90 Å². The molecule has 0 fully saturated rings. The summed E-state index contributed by atoms with van der Waals surface area (Å²) < 4.78 is 12.4. The lowest BCUT2D eigenvalue weighted by Crippen LogP contribution is -2.11. The zero-order valence-corrected chi connectivity index (χ0v) is 49.2. The molecule has 4 heterocycles. The highest BCUT2D eigenvalue weighted by molar-refractivity contribution is 7.25. The van der Waals surface area contributed by atoms with Gasteiger partial charge in [0.2, 0.25) is 0 Å². The van der Waals surface area contributed by atoms with Crippen LogP contribution in [0.5, 0.6) is 0 Å². The van der Waals surface area contributed by atoms with Crippen LogP contribution in [-0.4, -0.2) is 19.5 Å². The molecule has 0 aliphatic rings. The Morgan fingerprint density at radius 3 is 1.47 bits per heavy atom. The van der Waals surface area contributed by atoms with Gasteiger partial charge >= 0.3 is 0 Å². The van der Waals surface area contributed by atoms with Crippen molar-refractivity contribution in [2.75, 3.05) is 4.90 Å². The van der Waals surface area contributed by atoms with Crippen molar-refractivity contribution in [3.05, 3.63) is 297 Å². The van der Waals surface area contributed by atoms with E-state index < -0.39 is 0 Å². The molecule has 6 nitrogen and oxygen atoms in total. The van der Waals surface area contributed by atoms with Gasteiger partial charge in [-0.1, -0.05) is 231 Å². The molecule has 418 valence electrons. The van der Waals surface area contributed by atoms with E-state index in [0.29, 0.717) is 17.5 Å². The zero-order valence-electron chi connectivity index (χ0n) is 48.3. The molecule has 19 aromatic rings. The Morgan fingerprint density at radius 1 is 0.300 bits per heavy atom. The first kappa shape index (κ1) is 50.4. The first-order valence-electron chi connectivity index (χ1n) is 30.5. The minimum absolute atomic E-state index is 0.586. The number of benzene rings is 15. The van der Waals surface area contributed by atoms with Crippen LogP contribution in [0.1, 0.15) is 0 Å². The van der Waals surface area contributed by atoms with Crippen molar-refractivity contribution in [1.82, 2.24) is 19.5 Å². The number of hydrogen-bond acceptors (Lipinski definition) is 6. The molecule has 90 heavy (non-hydrogen) atoms. The maximum Gasteiger partial charge on any atom is 0.164 e. The third kappa shape index (κ3) is 7.67. The molecule has 0 amide bonds. The molecule has 0 bridgehead atoms. The number of fused-ring (bicyclic) bond motifs is 19. The number of thiophene rings is 1. The van der Waals surface area contributed by atoms with Gasteiger partial charge in [-0.25, -0.2) is 15.0 Å². The lowest BCUT2D eigenvalue weighted by atomic mass is 9.89. The van der Waals surface area contributed by atoms with Crippen LogP contribution in [0, 0.1) is 0 Å². The van der Waals surface area contributed by atoms with Crippen LogP contribution in [0.4, 0.5) is 17.1 Å². The molecule has 0 saturated heterocycles. The van der Waals surface area contributed by atoms with Crippen LogP contribution in [0.15, 0.2) is 302 Å². The standard InChI is InChI=1S/C83H49N5OS/c1-4-21-50(22-5-1)81-84-82(51-23-6-2-7-24-51)86-83(85-81)53-25-20-28-55(47-53)88-78-67(42-41-64-59-31-11-10-29-57(59)58-30-12-13-33-61(58)76(64)78)68-43-44-69-70-48-52(39-45-72(70)89-80(69)79(68)88)75-62-34-14-16-36-65(62)77(66-37-17-15-35-63(66)75)87(54-26-8-3-9-27-54)56-40-46-74-71(49-56)60-32-18-19-38-73(60)90-74/h1-49H. The highest BCUT2D eigenvalue weighted by Crippen LogP contribution is 2.51. The lowest BCUT2D eigenvalue weighted by Gasteiger charge is -2.29. The number of hydrogen-bond donors (Lipinski definition) is 0. The topological polar surface area (TPSA) is 60.0 Å². The van der Waals surface area contributed by atoms with E-state index in [4.69, 9.17) is 19.4 Å². The van der Waals surface area contributed by atoms with Gasteiger partial charge < -0.3 is 13.9 Å². The maximum absolute atomic E-state index is 7.38. The summed E-state index contributed by atoms with van der Waals surface area (Å²) in [5, 5.41) is 18.7. The van der Waals surface area contributed by atoms with Gasteiger partial charge in [0.25, 0.3) is 0 Å². The predicted octanol–water partition coefficient (Wildman–Crippen LogP) is 23.1. The van der Waals surface area contributed by atoms with Gasteiger partial charge in [0.15, 0.2) is 23.1 Å². The number of anilines is 3. The summed E-state index contributed by atoms with van der Waals surface area (Å²) in [4.78, 5) is 18.0. The average Bonchev–Trinajstić information content (AvgIpc) is 1.50. The fourth-order valence-electron chi connectivity index (χ4n) is 14.4. The van der Waals surface area contributed by atoms with Crippen LogP contribution in [-0.2, 0) is 0 Å². The first-order chi connectivity index (χ1) is 44.6. The van der Waals surface area contributed by atoms with E-state index in [9.17, 15) is 0 Å². The Balaban J connectivity index is 0.857. The smallest absolute Gasteiger partial charge is 0.164 e. The van der Waals surface area contributed by atoms with Crippen LogP contribution >= 0.6 is 11.3 Å². The molecular formula is C83H49N5OS. The Bertz CT molecular complexity index is 6020. The van der Waals surface area contributed by atoms with Gasteiger partial charge in [0, 0.05) is 91.6 Å². The molecule has 4 aromatic heterocycles. The summed E-state index contributed by atoms with van der Waals surface area (Å²) in [6, 6.07) is 107. The molecule has 7 heteroatoms. The van der Waals surface area contributed by atoms with E-state index >= 15 is 0 Å². The van der Waals surface area contributed by atoms with E-state index in [1.54, 1.807) is 0 Å². The fourth-order valence-corrected chi connectivity index (χ4v) is 15.5. The molecule has 0 spiro atoms. The van der Waals surface area contributed by atoms with E-state index in [2.05, 4.69) is 270 Å². The molecule has 0 atom stereocenters. The van der Waals surface area contributed by atoms with Gasteiger partial charge in [-0.15, -0.1) is 11.3 Å². The van der Waals surface area contributed by atoms with E-state index in [0.717, 1.165) is 99.5 Å². The Hall–Kier alpha value is -11.8. The second kappa shape index (κ2) is 19.9. The van der Waals surface area contributed by atoms with Crippen molar-refractivity contribution in [3.8, 4) is 51.0 Å². The van der Waals surface area contributed by atoms with E-state index in [1.165, 1.54) is 68.8 Å². The molecule has 0 aliphatic carbocycles. The monoisotopic (exact) mass is 1160 g/mol. The number of para-hydroxylation sites is 1. The molecule has 0 unspecified atom stereocenters. The average molecular weight is 1160 g/mol. The summed E-state index contributed by atoms with van der Waals surface area (Å²) >= 11 is 1.85. The summed E-state index contributed by atoms with van der Waals surface area (Å²) in [5.74, 6) is 1.81. The lowest BCUT2D eigenvalue weighted by molar-refractivity contribution is 0.671.